The van der Waals surface area contributed by atoms with Gasteiger partial charge in [-0.2, -0.15) is 8.68 Å². The van der Waals surface area contributed by atoms with Crippen molar-refractivity contribution in [3.63, 3.8) is 0 Å². The lowest BCUT2D eigenvalue weighted by atomic mass is 10.1. The predicted molar refractivity (Wildman–Crippen MR) is 126 cm³/mol. The molecular weight excluding hydrogens is 428 g/mol. The number of aryl methyl sites for hydroxylation is 4. The van der Waals surface area contributed by atoms with Crippen LogP contribution >= 0.6 is 11.5 Å². The van der Waals surface area contributed by atoms with Gasteiger partial charge in [0.05, 0.1) is 4.90 Å². The standard InChI is InChI=1S/C23H28N4O2S2/c1-16-5-7-20(8-6-16)15-21-24-23(30-25-21)26-9-11-27(12-10-26)31(28,29)22-18(3)13-17(2)14-19(22)4/h5-8,13-14H,9-12,15H2,1-4H3. The van der Waals surface area contributed by atoms with Crippen LogP contribution in [0.25, 0.3) is 0 Å². The van der Waals surface area contributed by atoms with Gasteiger partial charge >= 0.3 is 0 Å². The number of piperazine rings is 1. The summed E-state index contributed by atoms with van der Waals surface area (Å²) in [5, 5.41) is 0.863. The molecule has 1 aliphatic rings. The van der Waals surface area contributed by atoms with Gasteiger partial charge in [-0.3, -0.25) is 0 Å². The molecule has 0 saturated carbocycles. The van der Waals surface area contributed by atoms with Crippen LogP contribution in [0.2, 0.25) is 0 Å². The Kier molecular flexibility index (Phi) is 6.14. The molecule has 1 aromatic heterocycles. The monoisotopic (exact) mass is 456 g/mol. The van der Waals surface area contributed by atoms with E-state index < -0.39 is 10.0 Å². The van der Waals surface area contributed by atoms with Crippen molar-refractivity contribution in [2.75, 3.05) is 31.1 Å². The lowest BCUT2D eigenvalue weighted by Gasteiger charge is -2.34. The van der Waals surface area contributed by atoms with Gasteiger partial charge in [0.15, 0.2) is 0 Å². The maximum absolute atomic E-state index is 13.3. The minimum absolute atomic E-state index is 0.446. The molecule has 0 aliphatic carbocycles. The summed E-state index contributed by atoms with van der Waals surface area (Å²) in [6, 6.07) is 12.3. The third-order valence-corrected chi connectivity index (χ3v) is 8.67. The number of hydrogen-bond acceptors (Lipinski definition) is 6. The predicted octanol–water partition coefficient (Wildman–Crippen LogP) is 3.87. The number of aromatic nitrogens is 2. The first kappa shape index (κ1) is 21.9. The first-order chi connectivity index (χ1) is 14.7. The molecule has 0 spiro atoms. The summed E-state index contributed by atoms with van der Waals surface area (Å²) in [6.45, 7) is 9.93. The number of hydrogen-bond donors (Lipinski definition) is 0. The van der Waals surface area contributed by atoms with Crippen LogP contribution in [-0.2, 0) is 16.4 Å². The van der Waals surface area contributed by atoms with Crippen LogP contribution in [0.3, 0.4) is 0 Å². The second-order valence-electron chi connectivity index (χ2n) is 8.27. The smallest absolute Gasteiger partial charge is 0.243 e. The van der Waals surface area contributed by atoms with E-state index in [2.05, 4.69) is 40.5 Å². The normalized spacial score (nSPS) is 15.4. The summed E-state index contributed by atoms with van der Waals surface area (Å²) in [5.74, 6) is 0.810. The van der Waals surface area contributed by atoms with E-state index in [1.165, 1.54) is 22.7 Å². The summed E-state index contributed by atoms with van der Waals surface area (Å²) in [4.78, 5) is 7.28. The maximum atomic E-state index is 13.3. The zero-order chi connectivity index (χ0) is 22.2. The molecule has 2 aromatic carbocycles. The summed E-state index contributed by atoms with van der Waals surface area (Å²) < 4.78 is 32.7. The molecule has 8 heteroatoms. The van der Waals surface area contributed by atoms with Crippen LogP contribution in [0, 0.1) is 27.7 Å². The molecule has 0 bridgehead atoms. The SMILES string of the molecule is Cc1ccc(Cc2nsc(N3CCN(S(=O)(=O)c4c(C)cc(C)cc4C)CC3)n2)cc1. The summed E-state index contributed by atoms with van der Waals surface area (Å²) in [6.07, 6.45) is 0.705. The Labute approximate surface area is 188 Å². The van der Waals surface area contributed by atoms with E-state index in [9.17, 15) is 8.42 Å². The lowest BCUT2D eigenvalue weighted by molar-refractivity contribution is 0.384. The van der Waals surface area contributed by atoms with E-state index in [0.717, 1.165) is 27.6 Å². The van der Waals surface area contributed by atoms with Crippen molar-refractivity contribution < 1.29 is 8.42 Å². The van der Waals surface area contributed by atoms with Crippen molar-refractivity contribution in [2.24, 2.45) is 0 Å². The van der Waals surface area contributed by atoms with Crippen LogP contribution in [0.15, 0.2) is 41.3 Å². The maximum Gasteiger partial charge on any atom is 0.243 e. The molecule has 31 heavy (non-hydrogen) atoms. The average Bonchev–Trinajstić information content (AvgIpc) is 3.17. The van der Waals surface area contributed by atoms with Gasteiger partial charge in [0.1, 0.15) is 5.82 Å². The Balaban J connectivity index is 1.43. The molecule has 4 rings (SSSR count). The third kappa shape index (κ3) is 4.66. The van der Waals surface area contributed by atoms with Crippen LogP contribution in [0.5, 0.6) is 0 Å². The van der Waals surface area contributed by atoms with E-state index in [-0.39, 0.29) is 0 Å². The molecule has 1 aliphatic heterocycles. The number of sulfonamides is 1. The van der Waals surface area contributed by atoms with E-state index in [4.69, 9.17) is 4.98 Å². The molecule has 0 unspecified atom stereocenters. The minimum atomic E-state index is -3.51. The van der Waals surface area contributed by atoms with Gasteiger partial charge < -0.3 is 4.90 Å². The molecule has 3 aromatic rings. The van der Waals surface area contributed by atoms with Crippen molar-refractivity contribution in [3.05, 3.63) is 70.0 Å². The Hall–Kier alpha value is -2.29. The van der Waals surface area contributed by atoms with Crippen LogP contribution < -0.4 is 4.90 Å². The molecule has 6 nitrogen and oxygen atoms in total. The lowest BCUT2D eigenvalue weighted by Crippen LogP contribution is -2.48. The van der Waals surface area contributed by atoms with Gasteiger partial charge in [0, 0.05) is 44.1 Å². The summed E-state index contributed by atoms with van der Waals surface area (Å²) >= 11 is 1.39. The Morgan fingerprint density at radius 3 is 2.13 bits per heavy atom. The molecule has 1 saturated heterocycles. The average molecular weight is 457 g/mol. The number of benzene rings is 2. The van der Waals surface area contributed by atoms with Gasteiger partial charge in [-0.25, -0.2) is 13.4 Å². The van der Waals surface area contributed by atoms with Crippen molar-refractivity contribution in [3.8, 4) is 0 Å². The second kappa shape index (κ2) is 8.68. The highest BCUT2D eigenvalue weighted by Crippen LogP contribution is 2.27. The van der Waals surface area contributed by atoms with E-state index in [1.807, 2.05) is 32.9 Å². The molecule has 0 radical (unpaired) electrons. The van der Waals surface area contributed by atoms with E-state index >= 15 is 0 Å². The van der Waals surface area contributed by atoms with Crippen LogP contribution in [0.1, 0.15) is 33.6 Å². The molecule has 0 amide bonds. The Morgan fingerprint density at radius 1 is 0.903 bits per heavy atom. The fourth-order valence-corrected chi connectivity index (χ4v) is 6.73. The highest BCUT2D eigenvalue weighted by atomic mass is 32.2. The highest BCUT2D eigenvalue weighted by molar-refractivity contribution is 7.89. The fourth-order valence-electron chi connectivity index (χ4n) is 4.16. The molecule has 0 atom stereocenters. The van der Waals surface area contributed by atoms with Crippen molar-refractivity contribution in [1.29, 1.82) is 0 Å². The quantitative estimate of drug-likeness (QED) is 0.583. The zero-order valence-corrected chi connectivity index (χ0v) is 20.1. The first-order valence-electron chi connectivity index (χ1n) is 10.4. The molecule has 0 N–H and O–H groups in total. The van der Waals surface area contributed by atoms with Crippen molar-refractivity contribution in [2.45, 2.75) is 39.0 Å². The van der Waals surface area contributed by atoms with Gasteiger partial charge in [-0.15, -0.1) is 0 Å². The van der Waals surface area contributed by atoms with Gasteiger partial charge in [0.2, 0.25) is 15.2 Å². The Morgan fingerprint density at radius 2 is 1.52 bits per heavy atom. The third-order valence-electron chi connectivity index (χ3n) is 5.65. The summed E-state index contributed by atoms with van der Waals surface area (Å²) in [7, 11) is -3.51. The molecule has 2 heterocycles. The Bertz CT molecular complexity index is 1160. The van der Waals surface area contributed by atoms with Gasteiger partial charge in [-0.05, 0) is 44.4 Å². The highest BCUT2D eigenvalue weighted by Gasteiger charge is 2.31. The largest absolute Gasteiger partial charge is 0.344 e. The fraction of sp³-hybridized carbons (Fsp3) is 0.391. The first-order valence-corrected chi connectivity index (χ1v) is 12.7. The molecule has 1 fully saturated rings. The van der Waals surface area contributed by atoms with Crippen molar-refractivity contribution >= 4 is 26.7 Å². The minimum Gasteiger partial charge on any atom is -0.344 e. The van der Waals surface area contributed by atoms with E-state index in [0.29, 0.717) is 37.5 Å². The number of anilines is 1. The molecular formula is C23H28N4O2S2. The van der Waals surface area contributed by atoms with Gasteiger partial charge in [-0.1, -0.05) is 47.5 Å². The summed E-state index contributed by atoms with van der Waals surface area (Å²) in [5.41, 5.74) is 5.13. The van der Waals surface area contributed by atoms with Crippen LogP contribution in [-0.4, -0.2) is 48.3 Å². The van der Waals surface area contributed by atoms with Crippen molar-refractivity contribution in [1.82, 2.24) is 13.7 Å². The number of rotatable bonds is 5. The van der Waals surface area contributed by atoms with Gasteiger partial charge in [0.25, 0.3) is 0 Å². The topological polar surface area (TPSA) is 66.4 Å². The number of nitrogens with zero attached hydrogens (tertiary/aromatic N) is 4. The zero-order valence-electron chi connectivity index (χ0n) is 18.4. The molecule has 164 valence electrons. The second-order valence-corrected chi connectivity index (χ2v) is 10.9. The van der Waals surface area contributed by atoms with Crippen LogP contribution in [0.4, 0.5) is 5.13 Å². The van der Waals surface area contributed by atoms with E-state index in [1.54, 1.807) is 4.31 Å².